The molecular formula is C28H42O2Si. The summed E-state index contributed by atoms with van der Waals surface area (Å²) in [4.78, 5) is 0. The molecule has 2 aromatic carbocycles. The highest BCUT2D eigenvalue weighted by atomic mass is 28.4. The lowest BCUT2D eigenvalue weighted by Crippen LogP contribution is -2.47. The van der Waals surface area contributed by atoms with Gasteiger partial charge in [-0.25, -0.2) is 0 Å². The molecule has 170 valence electrons. The number of aromatic hydroxyl groups is 1. The fourth-order valence-electron chi connectivity index (χ4n) is 5.30. The predicted molar refractivity (Wildman–Crippen MR) is 137 cm³/mol. The van der Waals surface area contributed by atoms with E-state index in [9.17, 15) is 5.11 Å². The molecular weight excluding hydrogens is 396 g/mol. The lowest BCUT2D eigenvalue weighted by Gasteiger charge is -2.43. The average Bonchev–Trinajstić information content (AvgIpc) is 2.70. The number of benzene rings is 2. The summed E-state index contributed by atoms with van der Waals surface area (Å²) in [5.74, 6) is 1.14. The van der Waals surface area contributed by atoms with Gasteiger partial charge in [-0.05, 0) is 71.0 Å². The molecule has 2 nitrogen and oxygen atoms in total. The fraction of sp³-hybridized carbons (Fsp3) is 0.571. The van der Waals surface area contributed by atoms with Crippen LogP contribution in [0.4, 0.5) is 0 Å². The summed E-state index contributed by atoms with van der Waals surface area (Å²) in [6.07, 6.45) is 7.38. The fourth-order valence-corrected chi connectivity index (χ4v) is 9.28. The van der Waals surface area contributed by atoms with E-state index in [0.717, 1.165) is 22.3 Å². The molecule has 1 N–H and O–H groups in total. The molecule has 3 rings (SSSR count). The SMILES string of the molecule is CC(C)[Si](/C=C/c1cc2ccccc2cc1O)(OC1CCC(C(C)(C)C)CC1)C(C)C. The zero-order chi connectivity index (χ0) is 22.8. The first-order valence-electron chi connectivity index (χ1n) is 12.1. The molecule has 0 heterocycles. The third kappa shape index (κ3) is 5.43. The molecule has 0 spiro atoms. The second kappa shape index (κ2) is 9.50. The Kier molecular flexibility index (Phi) is 7.38. The lowest BCUT2D eigenvalue weighted by molar-refractivity contribution is 0.0800. The van der Waals surface area contributed by atoms with Crippen molar-refractivity contribution in [2.75, 3.05) is 0 Å². The highest BCUT2D eigenvalue weighted by Gasteiger charge is 2.43. The zero-order valence-corrected chi connectivity index (χ0v) is 21.6. The van der Waals surface area contributed by atoms with E-state index >= 15 is 0 Å². The van der Waals surface area contributed by atoms with E-state index in [2.05, 4.69) is 72.4 Å². The Morgan fingerprint density at radius 3 is 2.00 bits per heavy atom. The van der Waals surface area contributed by atoms with Crippen LogP contribution in [0.25, 0.3) is 16.8 Å². The minimum Gasteiger partial charge on any atom is -0.507 e. The van der Waals surface area contributed by atoms with E-state index in [1.807, 2.05) is 24.3 Å². The molecule has 3 heteroatoms. The molecule has 1 saturated carbocycles. The molecule has 0 atom stereocenters. The Morgan fingerprint density at radius 2 is 1.48 bits per heavy atom. The largest absolute Gasteiger partial charge is 0.507 e. The molecule has 0 aliphatic heterocycles. The number of hydrogen-bond donors (Lipinski definition) is 1. The number of rotatable bonds is 6. The Labute approximate surface area is 190 Å². The standard InChI is InChI=1S/C28H42O2Si/c1-20(2)31(21(3)4,30-26-14-12-25(13-15-26)28(5,6)7)17-16-24-18-22-10-8-9-11-23(22)19-27(24)29/h8-11,16-21,25-26,29H,12-15H2,1-7H3/b17-16+. The average molecular weight is 439 g/mol. The summed E-state index contributed by atoms with van der Waals surface area (Å²) < 4.78 is 7.08. The minimum atomic E-state index is -2.17. The van der Waals surface area contributed by atoms with Crippen molar-refractivity contribution in [1.82, 2.24) is 0 Å². The van der Waals surface area contributed by atoms with Crippen LogP contribution in [-0.2, 0) is 4.43 Å². The van der Waals surface area contributed by atoms with Crippen molar-refractivity contribution < 1.29 is 9.53 Å². The van der Waals surface area contributed by atoms with Crippen molar-refractivity contribution in [3.8, 4) is 5.75 Å². The van der Waals surface area contributed by atoms with Gasteiger partial charge < -0.3 is 9.53 Å². The van der Waals surface area contributed by atoms with Gasteiger partial charge in [-0.1, -0.05) is 84.5 Å². The van der Waals surface area contributed by atoms with Crippen molar-refractivity contribution in [1.29, 1.82) is 0 Å². The van der Waals surface area contributed by atoms with Crippen LogP contribution in [-0.4, -0.2) is 19.5 Å². The zero-order valence-electron chi connectivity index (χ0n) is 20.6. The maximum Gasteiger partial charge on any atom is 0.222 e. The van der Waals surface area contributed by atoms with Gasteiger partial charge in [0.15, 0.2) is 0 Å². The third-order valence-corrected chi connectivity index (χ3v) is 12.5. The van der Waals surface area contributed by atoms with E-state index in [-0.39, 0.29) is 0 Å². The molecule has 0 saturated heterocycles. The van der Waals surface area contributed by atoms with Gasteiger partial charge in [-0.2, -0.15) is 0 Å². The number of phenolic OH excluding ortho intramolecular Hbond substituents is 1. The molecule has 1 aliphatic carbocycles. The normalized spacial score (nSPS) is 20.9. The van der Waals surface area contributed by atoms with Crippen LogP contribution in [0.15, 0.2) is 42.1 Å². The maximum absolute atomic E-state index is 10.6. The maximum atomic E-state index is 10.6. The molecule has 0 bridgehead atoms. The van der Waals surface area contributed by atoms with Crippen LogP contribution in [0.2, 0.25) is 11.1 Å². The summed E-state index contributed by atoms with van der Waals surface area (Å²) in [6.45, 7) is 16.4. The van der Waals surface area contributed by atoms with Gasteiger partial charge in [0, 0.05) is 11.7 Å². The molecule has 0 unspecified atom stereocenters. The Bertz CT molecular complexity index is 891. The summed E-state index contributed by atoms with van der Waals surface area (Å²) in [7, 11) is -2.17. The molecule has 1 fully saturated rings. The van der Waals surface area contributed by atoms with Crippen LogP contribution in [0.3, 0.4) is 0 Å². The second-order valence-corrected chi connectivity index (χ2v) is 15.8. The van der Waals surface area contributed by atoms with Crippen molar-refractivity contribution in [3.63, 3.8) is 0 Å². The van der Waals surface area contributed by atoms with E-state index in [1.165, 1.54) is 25.7 Å². The highest BCUT2D eigenvalue weighted by molar-refractivity contribution is 6.81. The Balaban J connectivity index is 1.85. The number of fused-ring (bicyclic) bond motifs is 1. The monoisotopic (exact) mass is 438 g/mol. The van der Waals surface area contributed by atoms with E-state index in [4.69, 9.17) is 4.43 Å². The molecule has 31 heavy (non-hydrogen) atoms. The van der Waals surface area contributed by atoms with Gasteiger partial charge >= 0.3 is 0 Å². The highest BCUT2D eigenvalue weighted by Crippen LogP contribution is 2.43. The second-order valence-electron chi connectivity index (χ2n) is 11.2. The summed E-state index contributed by atoms with van der Waals surface area (Å²) >= 11 is 0. The van der Waals surface area contributed by atoms with Gasteiger partial charge in [-0.15, -0.1) is 0 Å². The predicted octanol–water partition coefficient (Wildman–Crippen LogP) is 8.48. The molecule has 0 aromatic heterocycles. The number of hydrogen-bond acceptors (Lipinski definition) is 2. The van der Waals surface area contributed by atoms with E-state index < -0.39 is 8.32 Å². The first kappa shape index (κ1) is 24.1. The molecule has 0 radical (unpaired) electrons. The van der Waals surface area contributed by atoms with E-state index in [0.29, 0.717) is 28.4 Å². The van der Waals surface area contributed by atoms with Crippen LogP contribution in [0, 0.1) is 11.3 Å². The summed E-state index contributed by atoms with van der Waals surface area (Å²) in [5.41, 5.74) is 4.60. The van der Waals surface area contributed by atoms with Crippen LogP contribution >= 0.6 is 0 Å². The first-order chi connectivity index (χ1) is 14.5. The first-order valence-corrected chi connectivity index (χ1v) is 14.3. The molecule has 0 amide bonds. The topological polar surface area (TPSA) is 29.5 Å². The van der Waals surface area contributed by atoms with Crippen LogP contribution in [0.5, 0.6) is 5.75 Å². The molecule has 2 aromatic rings. The summed E-state index contributed by atoms with van der Waals surface area (Å²) in [5, 5.41) is 12.9. The minimum absolute atomic E-state index is 0.344. The van der Waals surface area contributed by atoms with Gasteiger partial charge in [0.2, 0.25) is 8.32 Å². The van der Waals surface area contributed by atoms with E-state index in [1.54, 1.807) is 0 Å². The van der Waals surface area contributed by atoms with Crippen LogP contribution in [0.1, 0.15) is 79.7 Å². The van der Waals surface area contributed by atoms with Crippen molar-refractivity contribution >= 4 is 25.2 Å². The quantitative estimate of drug-likeness (QED) is 0.458. The van der Waals surface area contributed by atoms with Gasteiger partial charge in [0.25, 0.3) is 0 Å². The van der Waals surface area contributed by atoms with Gasteiger partial charge in [0.05, 0.1) is 0 Å². The number of phenols is 1. The van der Waals surface area contributed by atoms with Gasteiger partial charge in [-0.3, -0.25) is 0 Å². The third-order valence-electron chi connectivity index (χ3n) is 7.49. The van der Waals surface area contributed by atoms with Crippen molar-refractivity contribution in [3.05, 3.63) is 47.7 Å². The van der Waals surface area contributed by atoms with Gasteiger partial charge in [0.1, 0.15) is 5.75 Å². The van der Waals surface area contributed by atoms with Crippen molar-refractivity contribution in [2.24, 2.45) is 11.3 Å². The van der Waals surface area contributed by atoms with Crippen molar-refractivity contribution in [2.45, 2.75) is 91.3 Å². The lowest BCUT2D eigenvalue weighted by atomic mass is 9.72. The smallest absolute Gasteiger partial charge is 0.222 e. The van der Waals surface area contributed by atoms with Crippen LogP contribution < -0.4 is 0 Å². The molecule has 1 aliphatic rings. The Morgan fingerprint density at radius 1 is 0.935 bits per heavy atom. The Hall–Kier alpha value is -1.58. The summed E-state index contributed by atoms with van der Waals surface area (Å²) in [6, 6.07) is 12.2.